The zero-order valence-corrected chi connectivity index (χ0v) is 16.0. The fourth-order valence-electron chi connectivity index (χ4n) is 2.96. The molecule has 0 fully saturated rings. The lowest BCUT2D eigenvalue weighted by Crippen LogP contribution is -2.35. The Morgan fingerprint density at radius 2 is 1.96 bits per heavy atom. The van der Waals surface area contributed by atoms with Gasteiger partial charge in [-0.1, -0.05) is 18.2 Å². The molecule has 2 atom stereocenters. The van der Waals surface area contributed by atoms with E-state index in [1.807, 2.05) is 31.2 Å². The molecule has 1 aliphatic rings. The number of furan rings is 1. The molecule has 0 radical (unpaired) electrons. The number of nitrogens with one attached hydrogen (secondary N) is 1. The summed E-state index contributed by atoms with van der Waals surface area (Å²) in [5.41, 5.74) is 1.11. The molecule has 0 unspecified atom stereocenters. The average Bonchev–Trinajstić information content (AvgIpc) is 2.97. The Labute approximate surface area is 153 Å². The summed E-state index contributed by atoms with van der Waals surface area (Å²) in [6, 6.07) is 8.61. The van der Waals surface area contributed by atoms with Crippen LogP contribution < -0.4 is 10.1 Å². The van der Waals surface area contributed by atoms with Crippen molar-refractivity contribution in [3.8, 4) is 5.75 Å². The second-order valence-electron chi connectivity index (χ2n) is 6.55. The van der Waals surface area contributed by atoms with Gasteiger partial charge in [0.1, 0.15) is 11.5 Å². The Hall–Kier alpha value is -2.32. The zero-order chi connectivity index (χ0) is 19.1. The van der Waals surface area contributed by atoms with Crippen LogP contribution in [-0.2, 0) is 10.0 Å². The summed E-state index contributed by atoms with van der Waals surface area (Å²) in [4.78, 5) is 12.7. The lowest BCUT2D eigenvalue weighted by molar-refractivity contribution is 0.0905. The topological polar surface area (TPSA) is 88.9 Å². The summed E-state index contributed by atoms with van der Waals surface area (Å²) in [5, 5.41) is 2.72. The molecule has 3 rings (SSSR count). The quantitative estimate of drug-likeness (QED) is 0.883. The third-order valence-corrected chi connectivity index (χ3v) is 6.04. The van der Waals surface area contributed by atoms with E-state index in [0.717, 1.165) is 15.6 Å². The first-order chi connectivity index (χ1) is 12.2. The van der Waals surface area contributed by atoms with Gasteiger partial charge in [0.25, 0.3) is 15.9 Å². The van der Waals surface area contributed by atoms with Gasteiger partial charge < -0.3 is 14.5 Å². The maximum absolute atomic E-state index is 12.7. The number of carbonyl (C=O) groups is 1. The zero-order valence-electron chi connectivity index (χ0n) is 15.1. The Bertz CT molecular complexity index is 933. The van der Waals surface area contributed by atoms with Crippen LogP contribution in [0.5, 0.6) is 5.75 Å². The number of hydrogen-bond donors (Lipinski definition) is 1. The number of para-hydroxylation sites is 1. The van der Waals surface area contributed by atoms with Gasteiger partial charge in [-0.2, -0.15) is 0 Å². The van der Waals surface area contributed by atoms with Crippen LogP contribution >= 0.6 is 0 Å². The van der Waals surface area contributed by atoms with Crippen LogP contribution in [0, 0.1) is 6.92 Å². The normalized spacial score (nSPS) is 19.7. The van der Waals surface area contributed by atoms with Crippen LogP contribution in [-0.4, -0.2) is 38.8 Å². The molecule has 0 saturated heterocycles. The smallest absolute Gasteiger partial charge is 0.275 e. The highest BCUT2D eigenvalue weighted by Gasteiger charge is 2.30. The van der Waals surface area contributed by atoms with Crippen molar-refractivity contribution in [3.05, 3.63) is 47.2 Å². The molecular formula is C18H22N2O5S. The van der Waals surface area contributed by atoms with E-state index >= 15 is 0 Å². The van der Waals surface area contributed by atoms with Crippen LogP contribution in [0.1, 0.15) is 41.1 Å². The van der Waals surface area contributed by atoms with Crippen molar-refractivity contribution in [2.45, 2.75) is 37.5 Å². The molecule has 140 valence electrons. The Morgan fingerprint density at radius 1 is 1.27 bits per heavy atom. The average molecular weight is 378 g/mol. The van der Waals surface area contributed by atoms with Gasteiger partial charge in [0.2, 0.25) is 5.09 Å². The van der Waals surface area contributed by atoms with Crippen molar-refractivity contribution in [1.29, 1.82) is 0 Å². The molecular weight excluding hydrogens is 356 g/mol. The van der Waals surface area contributed by atoms with Crippen molar-refractivity contribution >= 4 is 15.9 Å². The Kier molecular flexibility index (Phi) is 4.81. The Balaban J connectivity index is 1.87. The van der Waals surface area contributed by atoms with Crippen molar-refractivity contribution in [3.63, 3.8) is 0 Å². The largest absolute Gasteiger partial charge is 0.490 e. The number of fused-ring (bicyclic) bond motifs is 1. The number of hydrogen-bond acceptors (Lipinski definition) is 5. The van der Waals surface area contributed by atoms with Crippen LogP contribution in [0.2, 0.25) is 0 Å². The summed E-state index contributed by atoms with van der Waals surface area (Å²) in [6.07, 6.45) is 0.591. The number of aryl methyl sites for hydroxylation is 1. The SMILES string of the molecule is Cc1oc(S(=O)(=O)N(C)C)cc1C(=O)N[C@@H]1C[C@@H](C)Oc2ccccc21. The van der Waals surface area contributed by atoms with Crippen molar-refractivity contribution in [1.82, 2.24) is 9.62 Å². The van der Waals surface area contributed by atoms with Crippen LogP contribution in [0.25, 0.3) is 0 Å². The van der Waals surface area contributed by atoms with Gasteiger partial charge in [0.05, 0.1) is 17.7 Å². The second-order valence-corrected chi connectivity index (χ2v) is 8.63. The summed E-state index contributed by atoms with van der Waals surface area (Å²) in [7, 11) is -0.916. The van der Waals surface area contributed by atoms with Crippen molar-refractivity contribution in [2.75, 3.05) is 14.1 Å². The van der Waals surface area contributed by atoms with E-state index in [-0.39, 0.29) is 34.5 Å². The summed E-state index contributed by atoms with van der Waals surface area (Å²) >= 11 is 0. The second kappa shape index (κ2) is 6.77. The molecule has 1 aromatic carbocycles. The first-order valence-electron chi connectivity index (χ1n) is 8.29. The van der Waals surface area contributed by atoms with Gasteiger partial charge in [-0.3, -0.25) is 4.79 Å². The monoisotopic (exact) mass is 378 g/mol. The number of benzene rings is 1. The molecule has 0 aliphatic carbocycles. The maximum atomic E-state index is 12.7. The molecule has 8 heteroatoms. The van der Waals surface area contributed by atoms with Crippen LogP contribution in [0.15, 0.2) is 39.8 Å². The Morgan fingerprint density at radius 3 is 2.65 bits per heavy atom. The van der Waals surface area contributed by atoms with E-state index < -0.39 is 10.0 Å². The summed E-state index contributed by atoms with van der Waals surface area (Å²) in [5.74, 6) is 0.632. The van der Waals surface area contributed by atoms with E-state index in [4.69, 9.17) is 9.15 Å². The lowest BCUT2D eigenvalue weighted by atomic mass is 9.96. The van der Waals surface area contributed by atoms with Gasteiger partial charge in [-0.15, -0.1) is 0 Å². The molecule has 2 heterocycles. The number of nitrogens with zero attached hydrogens (tertiary/aromatic N) is 1. The van der Waals surface area contributed by atoms with E-state index in [9.17, 15) is 13.2 Å². The highest BCUT2D eigenvalue weighted by molar-refractivity contribution is 7.88. The molecule has 1 aliphatic heterocycles. The van der Waals surface area contributed by atoms with E-state index in [0.29, 0.717) is 6.42 Å². The third-order valence-electron chi connectivity index (χ3n) is 4.37. The van der Waals surface area contributed by atoms with Crippen molar-refractivity contribution in [2.24, 2.45) is 0 Å². The van der Waals surface area contributed by atoms with E-state index in [1.165, 1.54) is 20.2 Å². The number of carbonyl (C=O) groups excluding carboxylic acids is 1. The fraction of sp³-hybridized carbons (Fsp3) is 0.389. The van der Waals surface area contributed by atoms with Crippen molar-refractivity contribution < 1.29 is 22.4 Å². The van der Waals surface area contributed by atoms with Crippen LogP contribution in [0.4, 0.5) is 0 Å². The predicted molar refractivity (Wildman–Crippen MR) is 95.7 cm³/mol. The minimum atomic E-state index is -3.74. The maximum Gasteiger partial charge on any atom is 0.275 e. The molecule has 2 aromatic rings. The molecule has 0 spiro atoms. The fourth-order valence-corrected chi connectivity index (χ4v) is 3.82. The summed E-state index contributed by atoms with van der Waals surface area (Å²) < 4.78 is 36.6. The van der Waals surface area contributed by atoms with Gasteiger partial charge in [0, 0.05) is 32.1 Å². The third kappa shape index (κ3) is 3.34. The first kappa shape index (κ1) is 18.5. The first-order valence-corrected chi connectivity index (χ1v) is 9.73. The van der Waals surface area contributed by atoms with Gasteiger partial charge in [0.15, 0.2) is 0 Å². The number of amides is 1. The van der Waals surface area contributed by atoms with Gasteiger partial charge in [-0.25, -0.2) is 12.7 Å². The number of rotatable bonds is 4. The minimum Gasteiger partial charge on any atom is -0.490 e. The molecule has 7 nitrogen and oxygen atoms in total. The molecule has 0 bridgehead atoms. The predicted octanol–water partition coefficient (Wildman–Crippen LogP) is 2.48. The highest BCUT2D eigenvalue weighted by atomic mass is 32.2. The van der Waals surface area contributed by atoms with Gasteiger partial charge in [-0.05, 0) is 19.9 Å². The molecule has 1 amide bonds. The molecule has 26 heavy (non-hydrogen) atoms. The number of sulfonamides is 1. The van der Waals surface area contributed by atoms with Crippen LogP contribution in [0.3, 0.4) is 0 Å². The summed E-state index contributed by atoms with van der Waals surface area (Å²) in [6.45, 7) is 3.52. The van der Waals surface area contributed by atoms with Gasteiger partial charge >= 0.3 is 0 Å². The lowest BCUT2D eigenvalue weighted by Gasteiger charge is -2.30. The molecule has 1 aromatic heterocycles. The standard InChI is InChI=1S/C18H22N2O5S/c1-11-9-15(13-7-5-6-8-16(13)24-11)19-18(21)14-10-17(25-12(14)2)26(22,23)20(3)4/h5-8,10-11,15H,9H2,1-4H3,(H,19,21)/t11-,15-/m1/s1. The molecule has 0 saturated carbocycles. The van der Waals surface area contributed by atoms with E-state index in [2.05, 4.69) is 5.32 Å². The minimum absolute atomic E-state index is 0.0367. The number of ether oxygens (including phenoxy) is 1. The van der Waals surface area contributed by atoms with E-state index in [1.54, 1.807) is 6.92 Å². The highest BCUT2D eigenvalue weighted by Crippen LogP contribution is 2.34. The molecule has 1 N–H and O–H groups in total.